The second kappa shape index (κ2) is 5.47. The average molecular weight is 214 g/mol. The summed E-state index contributed by atoms with van der Waals surface area (Å²) in [6.45, 7) is 3.49. The number of likely N-dealkylation sites (N-methyl/N-ethyl adjacent to an activating group) is 1. The molecule has 1 amide bonds. The predicted molar refractivity (Wildman–Crippen MR) is 59.4 cm³/mol. The van der Waals surface area contributed by atoms with Crippen molar-refractivity contribution in [2.45, 2.75) is 38.1 Å². The van der Waals surface area contributed by atoms with Crippen LogP contribution >= 0.6 is 0 Å². The highest BCUT2D eigenvalue weighted by Crippen LogP contribution is 2.37. The second-order valence-electron chi connectivity index (χ2n) is 4.24. The van der Waals surface area contributed by atoms with E-state index in [0.29, 0.717) is 12.5 Å². The van der Waals surface area contributed by atoms with Crippen molar-refractivity contribution >= 4 is 5.91 Å². The quantitative estimate of drug-likeness (QED) is 0.682. The molecule has 88 valence electrons. The molecule has 0 aromatic heterocycles. The fourth-order valence-corrected chi connectivity index (χ4v) is 2.69. The van der Waals surface area contributed by atoms with Crippen LogP contribution in [-0.4, -0.2) is 31.7 Å². The van der Waals surface area contributed by atoms with E-state index < -0.39 is 5.54 Å². The summed E-state index contributed by atoms with van der Waals surface area (Å²) in [5.41, 5.74) is 5.06. The fraction of sp³-hybridized carbons (Fsp3) is 0.909. The van der Waals surface area contributed by atoms with Gasteiger partial charge in [0.05, 0.1) is 0 Å². The van der Waals surface area contributed by atoms with E-state index in [4.69, 9.17) is 10.5 Å². The lowest BCUT2D eigenvalue weighted by Crippen LogP contribution is -2.58. The van der Waals surface area contributed by atoms with E-state index in [1.165, 1.54) is 0 Å². The number of carbonyl (C=O) groups excluding carboxylic acids is 1. The third-order valence-corrected chi connectivity index (χ3v) is 3.42. The number of hydrogen-bond acceptors (Lipinski definition) is 3. The highest BCUT2D eigenvalue weighted by atomic mass is 16.5. The van der Waals surface area contributed by atoms with E-state index in [0.717, 1.165) is 32.2 Å². The van der Waals surface area contributed by atoms with Gasteiger partial charge < -0.3 is 15.8 Å². The van der Waals surface area contributed by atoms with Crippen LogP contribution in [0.3, 0.4) is 0 Å². The summed E-state index contributed by atoms with van der Waals surface area (Å²) in [6.07, 6.45) is 3.92. The van der Waals surface area contributed by atoms with E-state index in [-0.39, 0.29) is 5.91 Å². The Morgan fingerprint density at radius 2 is 2.40 bits per heavy atom. The van der Waals surface area contributed by atoms with Gasteiger partial charge in [0.2, 0.25) is 5.91 Å². The van der Waals surface area contributed by atoms with Crippen molar-refractivity contribution in [3.8, 4) is 0 Å². The van der Waals surface area contributed by atoms with E-state index in [1.54, 1.807) is 7.11 Å². The summed E-state index contributed by atoms with van der Waals surface area (Å²) in [7, 11) is 1.69. The van der Waals surface area contributed by atoms with Crippen LogP contribution in [0.25, 0.3) is 0 Å². The van der Waals surface area contributed by atoms with E-state index >= 15 is 0 Å². The molecule has 0 spiro atoms. The van der Waals surface area contributed by atoms with Gasteiger partial charge in [-0.05, 0) is 31.7 Å². The molecule has 0 saturated heterocycles. The Bertz CT molecular complexity index is 221. The normalized spacial score (nSPS) is 30.7. The molecule has 0 aromatic carbocycles. The molecule has 0 bridgehead atoms. The molecule has 1 saturated carbocycles. The van der Waals surface area contributed by atoms with Gasteiger partial charge in [0.1, 0.15) is 5.54 Å². The zero-order valence-electron chi connectivity index (χ0n) is 9.71. The minimum absolute atomic E-state index is 0.206. The maximum Gasteiger partial charge on any atom is 0.238 e. The van der Waals surface area contributed by atoms with Gasteiger partial charge in [-0.3, -0.25) is 4.79 Å². The van der Waals surface area contributed by atoms with E-state index in [9.17, 15) is 4.79 Å². The van der Waals surface area contributed by atoms with Gasteiger partial charge in [-0.2, -0.15) is 0 Å². The van der Waals surface area contributed by atoms with Crippen molar-refractivity contribution in [2.24, 2.45) is 11.7 Å². The number of ether oxygens (including phenoxy) is 1. The van der Waals surface area contributed by atoms with Gasteiger partial charge in [0.15, 0.2) is 0 Å². The first-order chi connectivity index (χ1) is 7.17. The van der Waals surface area contributed by atoms with Crippen molar-refractivity contribution in [3.63, 3.8) is 0 Å². The van der Waals surface area contributed by atoms with Crippen LogP contribution in [-0.2, 0) is 9.53 Å². The van der Waals surface area contributed by atoms with Crippen LogP contribution in [0.1, 0.15) is 32.6 Å². The van der Waals surface area contributed by atoms with Gasteiger partial charge in [-0.25, -0.2) is 0 Å². The molecule has 0 heterocycles. The molecular formula is C11H22N2O2. The lowest BCUT2D eigenvalue weighted by molar-refractivity contribution is -0.126. The van der Waals surface area contributed by atoms with E-state index in [2.05, 4.69) is 5.32 Å². The van der Waals surface area contributed by atoms with Gasteiger partial charge in [0, 0.05) is 13.7 Å². The second-order valence-corrected chi connectivity index (χ2v) is 4.24. The third-order valence-electron chi connectivity index (χ3n) is 3.42. The van der Waals surface area contributed by atoms with Crippen molar-refractivity contribution in [2.75, 3.05) is 20.3 Å². The summed E-state index contributed by atoms with van der Waals surface area (Å²) in [6, 6.07) is 0. The predicted octanol–water partition coefficient (Wildman–Crippen LogP) is 0.657. The minimum atomic E-state index is -0.479. The summed E-state index contributed by atoms with van der Waals surface area (Å²) in [4.78, 5) is 11.6. The van der Waals surface area contributed by atoms with Crippen molar-refractivity contribution < 1.29 is 9.53 Å². The average Bonchev–Trinajstić information content (AvgIpc) is 2.60. The number of primary amides is 1. The molecular weight excluding hydrogens is 192 g/mol. The van der Waals surface area contributed by atoms with E-state index in [1.807, 2.05) is 6.92 Å². The Hall–Kier alpha value is -0.610. The van der Waals surface area contributed by atoms with Crippen LogP contribution in [0.5, 0.6) is 0 Å². The fourth-order valence-electron chi connectivity index (χ4n) is 2.69. The summed E-state index contributed by atoms with van der Waals surface area (Å²) < 4.78 is 5.08. The first kappa shape index (κ1) is 12.5. The first-order valence-corrected chi connectivity index (χ1v) is 5.71. The van der Waals surface area contributed by atoms with Crippen molar-refractivity contribution in [3.05, 3.63) is 0 Å². The Morgan fingerprint density at radius 3 is 2.93 bits per heavy atom. The Labute approximate surface area is 91.5 Å². The molecule has 2 unspecified atom stereocenters. The lowest BCUT2D eigenvalue weighted by atomic mass is 9.84. The Balaban J connectivity index is 2.70. The third kappa shape index (κ3) is 2.49. The number of rotatable bonds is 6. The molecule has 15 heavy (non-hydrogen) atoms. The smallest absolute Gasteiger partial charge is 0.238 e. The lowest BCUT2D eigenvalue weighted by Gasteiger charge is -2.33. The monoisotopic (exact) mass is 214 g/mol. The molecule has 3 N–H and O–H groups in total. The van der Waals surface area contributed by atoms with Crippen LogP contribution < -0.4 is 11.1 Å². The number of hydrogen-bond donors (Lipinski definition) is 2. The number of carbonyl (C=O) groups is 1. The molecule has 1 aliphatic rings. The largest absolute Gasteiger partial charge is 0.385 e. The Kier molecular flexibility index (Phi) is 4.54. The zero-order valence-corrected chi connectivity index (χ0v) is 9.71. The molecule has 1 fully saturated rings. The highest BCUT2D eigenvalue weighted by molar-refractivity contribution is 5.85. The number of nitrogens with one attached hydrogen (secondary N) is 1. The molecule has 0 radical (unpaired) electrons. The molecule has 0 aromatic rings. The van der Waals surface area contributed by atoms with Crippen LogP contribution in [0.2, 0.25) is 0 Å². The van der Waals surface area contributed by atoms with Crippen LogP contribution in [0.15, 0.2) is 0 Å². The molecule has 2 atom stereocenters. The molecule has 4 heteroatoms. The summed E-state index contributed by atoms with van der Waals surface area (Å²) in [5, 5.41) is 3.29. The van der Waals surface area contributed by atoms with Crippen molar-refractivity contribution in [1.29, 1.82) is 0 Å². The number of nitrogens with two attached hydrogens (primary N) is 1. The Morgan fingerprint density at radius 1 is 1.67 bits per heavy atom. The standard InChI is InChI=1S/C11H22N2O2/c1-3-13-11(10(12)14)7-4-5-9(11)6-8-15-2/h9,13H,3-8H2,1-2H3,(H2,12,14). The molecule has 1 aliphatic carbocycles. The topological polar surface area (TPSA) is 64.3 Å². The number of amides is 1. The first-order valence-electron chi connectivity index (χ1n) is 5.71. The summed E-state index contributed by atoms with van der Waals surface area (Å²) in [5.74, 6) is 0.123. The van der Waals surface area contributed by atoms with Crippen molar-refractivity contribution in [1.82, 2.24) is 5.32 Å². The van der Waals surface area contributed by atoms with Crippen LogP contribution in [0, 0.1) is 5.92 Å². The molecule has 4 nitrogen and oxygen atoms in total. The molecule has 0 aliphatic heterocycles. The van der Waals surface area contributed by atoms with Gasteiger partial charge in [-0.15, -0.1) is 0 Å². The van der Waals surface area contributed by atoms with Gasteiger partial charge in [-0.1, -0.05) is 13.3 Å². The SMILES string of the molecule is CCNC1(C(N)=O)CCCC1CCOC. The summed E-state index contributed by atoms with van der Waals surface area (Å²) >= 11 is 0. The highest BCUT2D eigenvalue weighted by Gasteiger charge is 2.46. The number of methoxy groups -OCH3 is 1. The van der Waals surface area contributed by atoms with Gasteiger partial charge in [0.25, 0.3) is 0 Å². The maximum atomic E-state index is 11.6. The van der Waals surface area contributed by atoms with Crippen LogP contribution in [0.4, 0.5) is 0 Å². The minimum Gasteiger partial charge on any atom is -0.385 e. The molecule has 1 rings (SSSR count). The van der Waals surface area contributed by atoms with Gasteiger partial charge >= 0.3 is 0 Å². The maximum absolute atomic E-state index is 11.6. The zero-order chi connectivity index (χ0) is 11.3.